The Morgan fingerprint density at radius 3 is 2.67 bits per heavy atom. The standard InChI is InChI=1S/C20H15ClFN3OS/c1-12-18(10-23-19(26)15-4-2-3-5-16(15)21)27-20-24-17(11-25(12)20)13-6-8-14(22)9-7-13/h2-9,11H,10H2,1H3,(H,23,26). The summed E-state index contributed by atoms with van der Waals surface area (Å²) in [5, 5.41) is 3.33. The van der Waals surface area contributed by atoms with Gasteiger partial charge in [-0.25, -0.2) is 9.37 Å². The Kier molecular flexibility index (Phi) is 4.68. The highest BCUT2D eigenvalue weighted by Gasteiger charge is 2.15. The predicted octanol–water partition coefficient (Wildman–Crippen LogP) is 5.09. The van der Waals surface area contributed by atoms with Crippen LogP contribution in [0.1, 0.15) is 20.9 Å². The molecular weight excluding hydrogens is 385 g/mol. The number of benzene rings is 2. The minimum atomic E-state index is -0.271. The SMILES string of the molecule is Cc1c(CNC(=O)c2ccccc2Cl)sc2nc(-c3ccc(F)cc3)cn12. The summed E-state index contributed by atoms with van der Waals surface area (Å²) in [6.07, 6.45) is 1.92. The van der Waals surface area contributed by atoms with Gasteiger partial charge >= 0.3 is 0 Å². The molecule has 0 unspecified atom stereocenters. The third-order valence-corrected chi connectivity index (χ3v) is 5.81. The van der Waals surface area contributed by atoms with E-state index in [2.05, 4.69) is 10.3 Å². The number of imidazole rings is 1. The van der Waals surface area contributed by atoms with Crippen LogP contribution in [-0.2, 0) is 6.54 Å². The highest BCUT2D eigenvalue weighted by atomic mass is 35.5. The number of rotatable bonds is 4. The lowest BCUT2D eigenvalue weighted by Gasteiger charge is -2.06. The molecule has 0 aliphatic carbocycles. The second kappa shape index (κ2) is 7.13. The molecule has 1 amide bonds. The number of aryl methyl sites for hydroxylation is 1. The summed E-state index contributed by atoms with van der Waals surface area (Å²) >= 11 is 7.58. The van der Waals surface area contributed by atoms with E-state index in [4.69, 9.17) is 11.6 Å². The zero-order valence-corrected chi connectivity index (χ0v) is 15.9. The third-order valence-electron chi connectivity index (χ3n) is 4.32. The predicted molar refractivity (Wildman–Crippen MR) is 106 cm³/mol. The third kappa shape index (κ3) is 3.46. The van der Waals surface area contributed by atoms with E-state index in [1.54, 1.807) is 36.4 Å². The number of hydrogen-bond acceptors (Lipinski definition) is 3. The summed E-state index contributed by atoms with van der Waals surface area (Å²) in [6.45, 7) is 2.38. The Balaban J connectivity index is 1.54. The number of thiazole rings is 1. The molecule has 0 spiro atoms. The maximum absolute atomic E-state index is 13.1. The number of aromatic nitrogens is 2. The van der Waals surface area contributed by atoms with E-state index >= 15 is 0 Å². The summed E-state index contributed by atoms with van der Waals surface area (Å²) in [4.78, 5) is 18.8. The average Bonchev–Trinajstić information content (AvgIpc) is 3.20. The number of hydrogen-bond donors (Lipinski definition) is 1. The number of carbonyl (C=O) groups is 1. The van der Waals surface area contributed by atoms with Crippen molar-refractivity contribution in [2.45, 2.75) is 13.5 Å². The molecule has 136 valence electrons. The van der Waals surface area contributed by atoms with Crippen molar-refractivity contribution in [2.24, 2.45) is 0 Å². The summed E-state index contributed by atoms with van der Waals surface area (Å²) in [7, 11) is 0. The van der Waals surface area contributed by atoms with Crippen molar-refractivity contribution in [1.29, 1.82) is 0 Å². The minimum Gasteiger partial charge on any atom is -0.347 e. The molecule has 2 aromatic carbocycles. The first-order valence-corrected chi connectivity index (χ1v) is 9.48. The minimum absolute atomic E-state index is 0.210. The molecular formula is C20H15ClFN3OS. The normalized spacial score (nSPS) is 11.1. The van der Waals surface area contributed by atoms with Crippen LogP contribution in [0.15, 0.2) is 54.7 Å². The van der Waals surface area contributed by atoms with E-state index in [9.17, 15) is 9.18 Å². The van der Waals surface area contributed by atoms with Gasteiger partial charge in [0.15, 0.2) is 4.96 Å². The lowest BCUT2D eigenvalue weighted by Crippen LogP contribution is -2.23. The first-order valence-electron chi connectivity index (χ1n) is 8.29. The number of nitrogens with zero attached hydrogens (tertiary/aromatic N) is 2. The smallest absolute Gasteiger partial charge is 0.253 e. The van der Waals surface area contributed by atoms with Crippen molar-refractivity contribution in [3.63, 3.8) is 0 Å². The van der Waals surface area contributed by atoms with E-state index in [0.29, 0.717) is 17.1 Å². The first-order chi connectivity index (χ1) is 13.0. The van der Waals surface area contributed by atoms with Crippen LogP contribution in [0, 0.1) is 12.7 Å². The largest absolute Gasteiger partial charge is 0.347 e. The molecule has 2 aromatic heterocycles. The molecule has 4 nitrogen and oxygen atoms in total. The van der Waals surface area contributed by atoms with Crippen LogP contribution < -0.4 is 5.32 Å². The zero-order valence-electron chi connectivity index (χ0n) is 14.4. The van der Waals surface area contributed by atoms with E-state index in [-0.39, 0.29) is 11.7 Å². The quantitative estimate of drug-likeness (QED) is 0.519. The summed E-state index contributed by atoms with van der Waals surface area (Å²) < 4.78 is 15.1. The molecule has 0 aliphatic heterocycles. The highest BCUT2D eigenvalue weighted by molar-refractivity contribution is 7.17. The molecule has 0 fully saturated rings. The van der Waals surface area contributed by atoms with Crippen molar-refractivity contribution in [3.05, 3.63) is 81.7 Å². The number of halogens is 2. The second-order valence-corrected chi connectivity index (χ2v) is 7.53. The van der Waals surface area contributed by atoms with Crippen molar-refractivity contribution in [3.8, 4) is 11.3 Å². The number of amides is 1. The van der Waals surface area contributed by atoms with Crippen molar-refractivity contribution in [1.82, 2.24) is 14.7 Å². The van der Waals surface area contributed by atoms with Crippen LogP contribution in [0.3, 0.4) is 0 Å². The van der Waals surface area contributed by atoms with Gasteiger partial charge in [-0.1, -0.05) is 35.1 Å². The maximum Gasteiger partial charge on any atom is 0.253 e. The van der Waals surface area contributed by atoms with Crippen LogP contribution in [0.2, 0.25) is 5.02 Å². The molecule has 27 heavy (non-hydrogen) atoms. The topological polar surface area (TPSA) is 46.4 Å². The van der Waals surface area contributed by atoms with Crippen molar-refractivity contribution < 1.29 is 9.18 Å². The molecule has 1 N–H and O–H groups in total. The Hall–Kier alpha value is -2.70. The lowest BCUT2D eigenvalue weighted by molar-refractivity contribution is 0.0951. The molecule has 0 saturated heterocycles. The van der Waals surface area contributed by atoms with Gasteiger partial charge in [0.2, 0.25) is 0 Å². The fourth-order valence-corrected chi connectivity index (χ4v) is 4.08. The van der Waals surface area contributed by atoms with Gasteiger partial charge in [-0.15, -0.1) is 0 Å². The monoisotopic (exact) mass is 399 g/mol. The van der Waals surface area contributed by atoms with Crippen LogP contribution in [0.5, 0.6) is 0 Å². The van der Waals surface area contributed by atoms with E-state index in [1.165, 1.54) is 23.5 Å². The molecule has 4 rings (SSSR count). The van der Waals surface area contributed by atoms with Gasteiger partial charge < -0.3 is 5.32 Å². The van der Waals surface area contributed by atoms with E-state index < -0.39 is 0 Å². The first kappa shape index (κ1) is 17.7. The highest BCUT2D eigenvalue weighted by Crippen LogP contribution is 2.27. The summed E-state index contributed by atoms with van der Waals surface area (Å²) in [5.41, 5.74) is 3.11. The van der Waals surface area contributed by atoms with Crippen molar-refractivity contribution in [2.75, 3.05) is 0 Å². The maximum atomic E-state index is 13.1. The van der Waals surface area contributed by atoms with E-state index in [0.717, 1.165) is 26.8 Å². The Morgan fingerprint density at radius 2 is 1.96 bits per heavy atom. The summed E-state index contributed by atoms with van der Waals surface area (Å²) in [6, 6.07) is 13.2. The van der Waals surface area contributed by atoms with Gasteiger partial charge in [-0.2, -0.15) is 0 Å². The number of nitrogens with one attached hydrogen (secondary N) is 1. The Labute approximate surface area is 164 Å². The van der Waals surface area contributed by atoms with Gasteiger partial charge in [-0.3, -0.25) is 9.20 Å². The Bertz CT molecular complexity index is 1130. The van der Waals surface area contributed by atoms with Crippen molar-refractivity contribution >= 4 is 33.8 Å². The fraction of sp³-hybridized carbons (Fsp3) is 0.100. The molecule has 7 heteroatoms. The molecule has 0 aliphatic rings. The van der Waals surface area contributed by atoms with Gasteiger partial charge in [0.05, 0.1) is 22.8 Å². The van der Waals surface area contributed by atoms with Gasteiger partial charge in [0.1, 0.15) is 5.82 Å². The van der Waals surface area contributed by atoms with Crippen LogP contribution in [-0.4, -0.2) is 15.3 Å². The molecule has 0 bridgehead atoms. The lowest BCUT2D eigenvalue weighted by atomic mass is 10.2. The van der Waals surface area contributed by atoms with E-state index in [1.807, 2.05) is 17.5 Å². The number of carbonyl (C=O) groups excluding carboxylic acids is 1. The van der Waals surface area contributed by atoms with Gasteiger partial charge in [0.25, 0.3) is 5.91 Å². The Morgan fingerprint density at radius 1 is 1.22 bits per heavy atom. The van der Waals surface area contributed by atoms with Gasteiger partial charge in [-0.05, 0) is 43.3 Å². The fourth-order valence-electron chi connectivity index (χ4n) is 2.82. The molecule has 2 heterocycles. The van der Waals surface area contributed by atoms with Crippen LogP contribution in [0.25, 0.3) is 16.2 Å². The second-order valence-electron chi connectivity index (χ2n) is 6.06. The molecule has 0 saturated carbocycles. The molecule has 4 aromatic rings. The zero-order chi connectivity index (χ0) is 19.0. The number of fused-ring (bicyclic) bond motifs is 1. The molecule has 0 radical (unpaired) electrons. The van der Waals surface area contributed by atoms with Crippen LogP contribution in [0.4, 0.5) is 4.39 Å². The average molecular weight is 400 g/mol. The van der Waals surface area contributed by atoms with Crippen LogP contribution >= 0.6 is 22.9 Å². The van der Waals surface area contributed by atoms with Gasteiger partial charge in [0, 0.05) is 22.3 Å². The summed E-state index contributed by atoms with van der Waals surface area (Å²) in [5.74, 6) is -0.481. The molecule has 0 atom stereocenters.